The van der Waals surface area contributed by atoms with Crippen LogP contribution in [0.25, 0.3) is 0 Å². The quantitative estimate of drug-likeness (QED) is 0.820. The maximum Gasteiger partial charge on any atom is 0.243 e. The lowest BCUT2D eigenvalue weighted by molar-refractivity contribution is 0.246. The smallest absolute Gasteiger partial charge is 0.243 e. The molecule has 1 atom stereocenters. The van der Waals surface area contributed by atoms with Gasteiger partial charge < -0.3 is 5.32 Å². The zero-order valence-electron chi connectivity index (χ0n) is 12.4. The number of piperidine rings is 1. The van der Waals surface area contributed by atoms with Gasteiger partial charge in [0.1, 0.15) is 5.82 Å². The van der Waals surface area contributed by atoms with Gasteiger partial charge in [-0.15, -0.1) is 0 Å². The first-order chi connectivity index (χ1) is 10.1. The monoisotopic (exact) mass is 314 g/mol. The number of rotatable bonds is 6. The fourth-order valence-corrected chi connectivity index (χ4v) is 4.43. The van der Waals surface area contributed by atoms with E-state index in [1.54, 1.807) is 0 Å². The highest BCUT2D eigenvalue weighted by atomic mass is 32.2. The second-order valence-corrected chi connectivity index (χ2v) is 7.32. The fraction of sp³-hybridized carbons (Fsp3) is 0.600. The number of sulfonamides is 1. The molecule has 1 unspecified atom stereocenters. The van der Waals surface area contributed by atoms with E-state index in [9.17, 15) is 12.8 Å². The molecule has 1 aromatic carbocycles. The summed E-state index contributed by atoms with van der Waals surface area (Å²) in [4.78, 5) is 0.0462. The summed E-state index contributed by atoms with van der Waals surface area (Å²) in [6.45, 7) is 4.12. The third-order valence-electron chi connectivity index (χ3n) is 3.78. The van der Waals surface area contributed by atoms with Crippen LogP contribution in [0.1, 0.15) is 32.6 Å². The molecule has 0 radical (unpaired) electrons. The van der Waals surface area contributed by atoms with Crippen LogP contribution in [0.4, 0.5) is 4.39 Å². The van der Waals surface area contributed by atoms with Gasteiger partial charge in [-0.25, -0.2) is 12.8 Å². The average Bonchev–Trinajstić information content (AvgIpc) is 2.48. The Morgan fingerprint density at radius 2 is 2.19 bits per heavy atom. The number of halogens is 1. The van der Waals surface area contributed by atoms with Gasteiger partial charge >= 0.3 is 0 Å². The molecule has 6 heteroatoms. The van der Waals surface area contributed by atoms with Crippen LogP contribution in [0.3, 0.4) is 0 Å². The summed E-state index contributed by atoms with van der Waals surface area (Å²) in [5.74, 6) is -0.520. The molecule has 1 saturated heterocycles. The molecule has 1 aromatic rings. The van der Waals surface area contributed by atoms with E-state index in [0.717, 1.165) is 38.3 Å². The minimum atomic E-state index is -3.62. The van der Waals surface area contributed by atoms with Gasteiger partial charge in [-0.1, -0.05) is 19.4 Å². The van der Waals surface area contributed by atoms with Gasteiger partial charge in [0.15, 0.2) is 0 Å². The molecule has 0 saturated carbocycles. The van der Waals surface area contributed by atoms with E-state index >= 15 is 0 Å². The van der Waals surface area contributed by atoms with E-state index in [1.165, 1.54) is 22.5 Å². The van der Waals surface area contributed by atoms with Gasteiger partial charge in [0.05, 0.1) is 4.90 Å². The Balaban J connectivity index is 2.19. The number of nitrogens with zero attached hydrogens (tertiary/aromatic N) is 1. The average molecular weight is 314 g/mol. The van der Waals surface area contributed by atoms with Gasteiger partial charge in [0, 0.05) is 19.1 Å². The predicted molar refractivity (Wildman–Crippen MR) is 81.1 cm³/mol. The molecule has 0 spiro atoms. The van der Waals surface area contributed by atoms with Crippen molar-refractivity contribution in [3.63, 3.8) is 0 Å². The second-order valence-electron chi connectivity index (χ2n) is 5.43. The molecule has 0 aromatic heterocycles. The molecule has 0 bridgehead atoms. The molecule has 4 nitrogen and oxygen atoms in total. The van der Waals surface area contributed by atoms with Crippen LogP contribution < -0.4 is 5.32 Å². The standard InChI is InChI=1S/C15H23FN2O2S/c1-2-9-17-12-14-7-3-4-10-18(14)21(19,20)15-8-5-6-13(16)11-15/h5-6,8,11,14,17H,2-4,7,9-10,12H2,1H3. The van der Waals surface area contributed by atoms with Gasteiger partial charge in [-0.05, 0) is 44.0 Å². The molecular formula is C15H23FN2O2S. The fourth-order valence-electron chi connectivity index (χ4n) is 2.70. The summed E-state index contributed by atoms with van der Waals surface area (Å²) in [6, 6.07) is 5.22. The van der Waals surface area contributed by atoms with Crippen molar-refractivity contribution < 1.29 is 12.8 Å². The van der Waals surface area contributed by atoms with Crippen molar-refractivity contribution in [1.82, 2.24) is 9.62 Å². The van der Waals surface area contributed by atoms with Crippen LogP contribution in [0.15, 0.2) is 29.2 Å². The van der Waals surface area contributed by atoms with Gasteiger partial charge in [-0.3, -0.25) is 0 Å². The van der Waals surface area contributed by atoms with Crippen molar-refractivity contribution in [2.24, 2.45) is 0 Å². The Labute approximate surface area is 126 Å². The second kappa shape index (κ2) is 7.33. The first-order valence-corrected chi connectivity index (χ1v) is 8.98. The first kappa shape index (κ1) is 16.4. The third-order valence-corrected chi connectivity index (χ3v) is 5.73. The minimum absolute atomic E-state index is 0.0430. The molecule has 1 fully saturated rings. The van der Waals surface area contributed by atoms with Gasteiger partial charge in [-0.2, -0.15) is 4.31 Å². The summed E-state index contributed by atoms with van der Waals surface area (Å²) < 4.78 is 40.3. The lowest BCUT2D eigenvalue weighted by Gasteiger charge is -2.34. The van der Waals surface area contributed by atoms with Crippen molar-refractivity contribution in [3.8, 4) is 0 Å². The van der Waals surface area contributed by atoms with E-state index in [2.05, 4.69) is 12.2 Å². The lowest BCUT2D eigenvalue weighted by Crippen LogP contribution is -2.48. The minimum Gasteiger partial charge on any atom is -0.315 e. The van der Waals surface area contributed by atoms with Crippen molar-refractivity contribution >= 4 is 10.0 Å². The largest absolute Gasteiger partial charge is 0.315 e. The SMILES string of the molecule is CCCNCC1CCCCN1S(=O)(=O)c1cccc(F)c1. The maximum absolute atomic E-state index is 13.3. The molecular weight excluding hydrogens is 291 g/mol. The molecule has 2 rings (SSSR count). The van der Waals surface area contributed by atoms with Crippen LogP contribution in [0.2, 0.25) is 0 Å². The molecule has 21 heavy (non-hydrogen) atoms. The van der Waals surface area contributed by atoms with Crippen LogP contribution in [0, 0.1) is 5.82 Å². The van der Waals surface area contributed by atoms with Crippen LogP contribution >= 0.6 is 0 Å². The van der Waals surface area contributed by atoms with E-state index < -0.39 is 15.8 Å². The van der Waals surface area contributed by atoms with E-state index in [-0.39, 0.29) is 10.9 Å². The highest BCUT2D eigenvalue weighted by Gasteiger charge is 2.33. The molecule has 1 aliphatic heterocycles. The predicted octanol–water partition coefficient (Wildman–Crippen LogP) is 2.37. The van der Waals surface area contributed by atoms with E-state index in [4.69, 9.17) is 0 Å². The highest BCUT2D eigenvalue weighted by molar-refractivity contribution is 7.89. The normalized spacial score (nSPS) is 20.6. The van der Waals surface area contributed by atoms with Crippen LogP contribution in [-0.4, -0.2) is 38.4 Å². The Hall–Kier alpha value is -0.980. The van der Waals surface area contributed by atoms with Gasteiger partial charge in [0.25, 0.3) is 0 Å². The number of benzene rings is 1. The Kier molecular flexibility index (Phi) is 5.72. The van der Waals surface area contributed by atoms with Crippen molar-refractivity contribution in [2.45, 2.75) is 43.5 Å². The van der Waals surface area contributed by atoms with Crippen molar-refractivity contribution in [1.29, 1.82) is 0 Å². The Morgan fingerprint density at radius 1 is 1.38 bits per heavy atom. The third kappa shape index (κ3) is 4.02. The van der Waals surface area contributed by atoms with Gasteiger partial charge in [0.2, 0.25) is 10.0 Å². The highest BCUT2D eigenvalue weighted by Crippen LogP contribution is 2.25. The van der Waals surface area contributed by atoms with Crippen molar-refractivity contribution in [3.05, 3.63) is 30.1 Å². The maximum atomic E-state index is 13.3. The number of hydrogen-bond acceptors (Lipinski definition) is 3. The van der Waals surface area contributed by atoms with Crippen LogP contribution in [0.5, 0.6) is 0 Å². The summed E-state index contributed by atoms with van der Waals surface area (Å²) in [6.07, 6.45) is 3.76. The molecule has 0 aliphatic carbocycles. The molecule has 1 heterocycles. The zero-order chi connectivity index (χ0) is 15.3. The van der Waals surface area contributed by atoms with Crippen LogP contribution in [-0.2, 0) is 10.0 Å². The lowest BCUT2D eigenvalue weighted by atomic mass is 10.1. The topological polar surface area (TPSA) is 49.4 Å². The number of hydrogen-bond donors (Lipinski definition) is 1. The summed E-state index contributed by atoms with van der Waals surface area (Å²) >= 11 is 0. The number of nitrogens with one attached hydrogen (secondary N) is 1. The molecule has 1 N–H and O–H groups in total. The zero-order valence-corrected chi connectivity index (χ0v) is 13.2. The van der Waals surface area contributed by atoms with E-state index in [1.807, 2.05) is 0 Å². The van der Waals surface area contributed by atoms with E-state index in [0.29, 0.717) is 13.1 Å². The molecule has 1 aliphatic rings. The molecule has 118 valence electrons. The Morgan fingerprint density at radius 3 is 2.90 bits per heavy atom. The molecule has 0 amide bonds. The van der Waals surface area contributed by atoms with Crippen molar-refractivity contribution in [2.75, 3.05) is 19.6 Å². The Bertz CT molecular complexity index is 563. The summed E-state index contributed by atoms with van der Waals surface area (Å²) in [5.41, 5.74) is 0. The summed E-state index contributed by atoms with van der Waals surface area (Å²) in [7, 11) is -3.62. The first-order valence-electron chi connectivity index (χ1n) is 7.54. The summed E-state index contributed by atoms with van der Waals surface area (Å²) in [5, 5.41) is 3.29.